The molecule has 54 heavy (non-hydrogen) atoms. The van der Waals surface area contributed by atoms with Crippen molar-refractivity contribution in [2.75, 3.05) is 0 Å². The fourth-order valence-corrected chi connectivity index (χ4v) is 9.00. The van der Waals surface area contributed by atoms with Crippen molar-refractivity contribution in [3.8, 4) is 11.1 Å². The van der Waals surface area contributed by atoms with Gasteiger partial charge in [-0.05, 0) is 82.2 Å². The van der Waals surface area contributed by atoms with Crippen molar-refractivity contribution >= 4 is 113 Å². The molecule has 8 aromatic rings. The van der Waals surface area contributed by atoms with Gasteiger partial charge in [0.1, 0.15) is 11.8 Å². The summed E-state index contributed by atoms with van der Waals surface area (Å²) in [6.07, 6.45) is 0. The second-order valence-electron chi connectivity index (χ2n) is 13.5. The molecule has 258 valence electrons. The minimum Gasteiger partial charge on any atom is -0.293 e. The predicted molar refractivity (Wildman–Crippen MR) is 213 cm³/mol. The number of hydrogen-bond donors (Lipinski definition) is 0. The molecule has 0 bridgehead atoms. The molecule has 6 aromatic carbocycles. The van der Waals surface area contributed by atoms with Crippen molar-refractivity contribution in [2.45, 2.75) is 11.8 Å². The first-order chi connectivity index (χ1) is 26.1. The van der Waals surface area contributed by atoms with E-state index in [1.807, 2.05) is 48.5 Å². The van der Waals surface area contributed by atoms with Gasteiger partial charge in [0.05, 0.1) is 42.5 Å². The van der Waals surface area contributed by atoms with Crippen molar-refractivity contribution in [1.82, 2.24) is 9.97 Å². The molecule has 2 heterocycles. The first-order valence-electron chi connectivity index (χ1n) is 16.9. The average Bonchev–Trinajstić information content (AvgIpc) is 3.57. The van der Waals surface area contributed by atoms with Crippen molar-refractivity contribution in [2.24, 2.45) is 0 Å². The van der Waals surface area contributed by atoms with E-state index in [4.69, 9.17) is 56.4 Å². The summed E-state index contributed by atoms with van der Waals surface area (Å²) >= 11 is 27.8. The fourth-order valence-electron chi connectivity index (χ4n) is 7.88. The lowest BCUT2D eigenvalue weighted by Gasteiger charge is -2.16. The smallest absolute Gasteiger partial charge is 0.180 e. The van der Waals surface area contributed by atoms with Crippen molar-refractivity contribution in [1.29, 1.82) is 0 Å². The summed E-state index contributed by atoms with van der Waals surface area (Å²) in [4.78, 5) is 63.8. The van der Waals surface area contributed by atoms with Gasteiger partial charge in [0.25, 0.3) is 0 Å². The number of hydrogen-bond acceptors (Lipinski definition) is 6. The molecule has 2 aliphatic rings. The summed E-state index contributed by atoms with van der Waals surface area (Å²) in [6.45, 7) is 0. The van der Waals surface area contributed by atoms with Crippen molar-refractivity contribution in [3.63, 3.8) is 0 Å². The zero-order chi connectivity index (χ0) is 37.2. The SMILES string of the molecule is O=C1c2cc3ccccc3cc2C(=O)C1c1ccc2c(Cl)c(-c3cc(Cl)c4nc(C5C(=O)c6cc7ccccc7cc6C5=O)ccc4c3Cl)cc(Cl)c2n1. The van der Waals surface area contributed by atoms with Crippen LogP contribution in [0.15, 0.2) is 109 Å². The molecule has 0 radical (unpaired) electrons. The maximum absolute atomic E-state index is 13.6. The van der Waals surface area contributed by atoms with E-state index in [0.717, 1.165) is 21.5 Å². The first-order valence-corrected chi connectivity index (χ1v) is 18.4. The van der Waals surface area contributed by atoms with E-state index in [9.17, 15) is 19.2 Å². The number of halogens is 4. The summed E-state index contributed by atoms with van der Waals surface area (Å²) in [7, 11) is 0. The lowest BCUT2D eigenvalue weighted by atomic mass is 9.96. The molecule has 0 fully saturated rings. The van der Waals surface area contributed by atoms with Gasteiger partial charge in [0.15, 0.2) is 23.1 Å². The first kappa shape index (κ1) is 33.1. The molecule has 0 amide bonds. The van der Waals surface area contributed by atoms with Gasteiger partial charge in [-0.25, -0.2) is 9.97 Å². The molecule has 0 aliphatic heterocycles. The topological polar surface area (TPSA) is 94.1 Å². The summed E-state index contributed by atoms with van der Waals surface area (Å²) in [5, 5.41) is 5.44. The normalized spacial score (nSPS) is 14.7. The molecule has 2 aromatic heterocycles. The highest BCUT2D eigenvalue weighted by Crippen LogP contribution is 2.46. The Morgan fingerprint density at radius 3 is 1.02 bits per heavy atom. The third-order valence-electron chi connectivity index (χ3n) is 10.5. The largest absolute Gasteiger partial charge is 0.293 e. The molecular formula is C44H20Cl4N2O4. The van der Waals surface area contributed by atoms with Crippen molar-refractivity contribution < 1.29 is 19.2 Å². The number of benzene rings is 6. The highest BCUT2D eigenvalue weighted by Gasteiger charge is 2.42. The van der Waals surface area contributed by atoms with E-state index in [2.05, 4.69) is 0 Å². The molecule has 2 aliphatic carbocycles. The van der Waals surface area contributed by atoms with Crippen LogP contribution >= 0.6 is 46.4 Å². The van der Waals surface area contributed by atoms with Gasteiger partial charge in [-0.1, -0.05) is 94.9 Å². The monoisotopic (exact) mass is 780 g/mol. The molecule has 10 rings (SSSR count). The van der Waals surface area contributed by atoms with Gasteiger partial charge in [-0.15, -0.1) is 0 Å². The number of ketones is 4. The maximum Gasteiger partial charge on any atom is 0.180 e. The predicted octanol–water partition coefficient (Wildman–Crippen LogP) is 11.7. The third-order valence-corrected chi connectivity index (χ3v) is 11.9. The second-order valence-corrected chi connectivity index (χ2v) is 15.1. The summed E-state index contributed by atoms with van der Waals surface area (Å²) in [5.41, 5.74) is 3.60. The number of fused-ring (bicyclic) bond motifs is 6. The van der Waals surface area contributed by atoms with Crippen LogP contribution in [0, 0.1) is 0 Å². The maximum atomic E-state index is 13.6. The van der Waals surface area contributed by atoms with Crippen LogP contribution in [0.4, 0.5) is 0 Å². The molecule has 6 nitrogen and oxygen atoms in total. The highest BCUT2D eigenvalue weighted by atomic mass is 35.5. The molecule has 0 unspecified atom stereocenters. The Kier molecular flexibility index (Phi) is 7.36. The molecule has 0 saturated carbocycles. The summed E-state index contributed by atoms with van der Waals surface area (Å²) in [5.74, 6) is -3.49. The van der Waals surface area contributed by atoms with Crippen LogP contribution in [-0.4, -0.2) is 33.1 Å². The summed E-state index contributed by atoms with van der Waals surface area (Å²) < 4.78 is 0. The number of Topliss-reactive ketones (excluding diaryl/α,β-unsaturated/α-hetero) is 4. The van der Waals surface area contributed by atoms with E-state index in [0.29, 0.717) is 55.2 Å². The molecule has 0 saturated heterocycles. The molecule has 0 N–H and O–H groups in total. The van der Waals surface area contributed by atoms with E-state index in [1.165, 1.54) is 0 Å². The summed E-state index contributed by atoms with van der Waals surface area (Å²) in [6, 6.07) is 32.0. The Morgan fingerprint density at radius 2 is 0.704 bits per heavy atom. The number of rotatable bonds is 3. The minimum absolute atomic E-state index is 0.221. The van der Waals surface area contributed by atoms with Gasteiger partial charge in [0, 0.05) is 44.2 Å². The Morgan fingerprint density at radius 1 is 0.389 bits per heavy atom. The van der Waals surface area contributed by atoms with E-state index < -0.39 is 11.8 Å². The standard InChI is InChI=1S/C44H20Cl4N2O4/c45-31-17-25(37(47)23-9-11-33(49-39(23)31)35-41(51)27-13-19-5-1-2-6-20(19)14-28(27)42(35)52)26-18-32(46)40-24(38(26)48)10-12-34(50-40)36-43(53)29-15-21-7-3-4-8-22(21)16-30(29)44(36)54/h1-18,35-36H. The van der Waals surface area contributed by atoms with Crippen LogP contribution < -0.4 is 0 Å². The lowest BCUT2D eigenvalue weighted by molar-refractivity contribution is 0.0872. The third kappa shape index (κ3) is 4.74. The van der Waals surface area contributed by atoms with Gasteiger partial charge in [0.2, 0.25) is 0 Å². The Bertz CT molecular complexity index is 2790. The van der Waals surface area contributed by atoms with Gasteiger partial charge in [-0.2, -0.15) is 0 Å². The Hall–Kier alpha value is -5.50. The molecule has 10 heteroatoms. The zero-order valence-electron chi connectivity index (χ0n) is 27.6. The van der Waals surface area contributed by atoms with E-state index >= 15 is 0 Å². The molecule has 0 spiro atoms. The minimum atomic E-state index is -1.11. The lowest BCUT2D eigenvalue weighted by Crippen LogP contribution is -2.14. The second kappa shape index (κ2) is 12.0. The number of pyridine rings is 2. The van der Waals surface area contributed by atoms with Crippen LogP contribution in [0.2, 0.25) is 20.1 Å². The highest BCUT2D eigenvalue weighted by molar-refractivity contribution is 6.45. The van der Waals surface area contributed by atoms with Crippen LogP contribution in [0.3, 0.4) is 0 Å². The number of carbonyl (C=O) groups excluding carboxylic acids is 4. The van der Waals surface area contributed by atoms with Crippen molar-refractivity contribution in [3.05, 3.63) is 163 Å². The Labute approximate surface area is 326 Å². The van der Waals surface area contributed by atoms with Crippen LogP contribution in [0.5, 0.6) is 0 Å². The number of aromatic nitrogens is 2. The van der Waals surface area contributed by atoms with Gasteiger partial charge < -0.3 is 0 Å². The van der Waals surface area contributed by atoms with Crippen LogP contribution in [-0.2, 0) is 0 Å². The fraction of sp³-hybridized carbons (Fsp3) is 0.0455. The molecular weight excluding hydrogens is 762 g/mol. The van der Waals surface area contributed by atoms with E-state index in [-0.39, 0.29) is 54.6 Å². The number of nitrogens with zero attached hydrogens (tertiary/aromatic N) is 2. The van der Waals surface area contributed by atoms with Gasteiger partial charge in [-0.3, -0.25) is 19.2 Å². The molecule has 0 atom stereocenters. The Balaban J connectivity index is 1.02. The van der Waals surface area contributed by atoms with Gasteiger partial charge >= 0.3 is 0 Å². The van der Waals surface area contributed by atoms with E-state index in [1.54, 1.807) is 60.7 Å². The average molecular weight is 782 g/mol. The zero-order valence-corrected chi connectivity index (χ0v) is 30.6. The van der Waals surface area contributed by atoms with Crippen LogP contribution in [0.1, 0.15) is 64.7 Å². The van der Waals surface area contributed by atoms with Crippen LogP contribution in [0.25, 0.3) is 54.5 Å². The quantitative estimate of drug-likeness (QED) is 0.166. The number of carbonyl (C=O) groups is 4.